The van der Waals surface area contributed by atoms with Crippen LogP contribution in [0, 0.1) is 0 Å². The first kappa shape index (κ1) is 15.5. The third-order valence-electron chi connectivity index (χ3n) is 3.13. The zero-order valence-corrected chi connectivity index (χ0v) is 13.0. The first-order valence-electron chi connectivity index (χ1n) is 7.26. The van der Waals surface area contributed by atoms with Crippen molar-refractivity contribution in [3.63, 3.8) is 0 Å². The molecule has 0 saturated carbocycles. The number of para-hydroxylation sites is 1. The molecule has 3 rings (SSSR count). The molecule has 6 nitrogen and oxygen atoms in total. The predicted molar refractivity (Wildman–Crippen MR) is 89.6 cm³/mol. The van der Waals surface area contributed by atoms with Gasteiger partial charge in [0.15, 0.2) is 0 Å². The van der Waals surface area contributed by atoms with Gasteiger partial charge in [-0.15, -0.1) is 0 Å². The van der Waals surface area contributed by atoms with Crippen LogP contribution < -0.4 is 10.1 Å². The number of carbonyl (C=O) groups excluding carboxylic acids is 1. The van der Waals surface area contributed by atoms with Gasteiger partial charge in [0.1, 0.15) is 17.3 Å². The van der Waals surface area contributed by atoms with Crippen molar-refractivity contribution in [2.75, 3.05) is 12.4 Å². The minimum atomic E-state index is -0.578. The van der Waals surface area contributed by atoms with Crippen molar-refractivity contribution in [2.24, 2.45) is 0 Å². The summed E-state index contributed by atoms with van der Waals surface area (Å²) in [5.41, 5.74) is 0.810. The maximum Gasteiger partial charge on any atom is 0.376 e. The quantitative estimate of drug-likeness (QED) is 0.721. The summed E-state index contributed by atoms with van der Waals surface area (Å²) in [4.78, 5) is 19.4. The Hall–Kier alpha value is -3.41. The number of hydrogen-bond donors (Lipinski definition) is 1. The third kappa shape index (κ3) is 3.86. The third-order valence-corrected chi connectivity index (χ3v) is 3.13. The fourth-order valence-electron chi connectivity index (χ4n) is 2.00. The van der Waals surface area contributed by atoms with Crippen molar-refractivity contribution in [1.29, 1.82) is 0 Å². The van der Waals surface area contributed by atoms with Crippen LogP contribution >= 0.6 is 0 Å². The van der Waals surface area contributed by atoms with E-state index in [2.05, 4.69) is 20.0 Å². The second-order valence-electron chi connectivity index (χ2n) is 4.82. The Morgan fingerprint density at radius 2 is 1.67 bits per heavy atom. The van der Waals surface area contributed by atoms with E-state index in [9.17, 15) is 4.79 Å². The van der Waals surface area contributed by atoms with Gasteiger partial charge in [0.25, 0.3) is 0 Å². The Labute approximate surface area is 139 Å². The number of aromatic nitrogens is 2. The molecule has 0 amide bonds. The summed E-state index contributed by atoms with van der Waals surface area (Å²) in [6.45, 7) is 0. The van der Waals surface area contributed by atoms with Crippen molar-refractivity contribution in [1.82, 2.24) is 9.97 Å². The van der Waals surface area contributed by atoms with Crippen LogP contribution in [0.2, 0.25) is 0 Å². The molecule has 0 aliphatic heterocycles. The number of esters is 1. The average Bonchev–Trinajstić information content (AvgIpc) is 2.64. The second-order valence-corrected chi connectivity index (χ2v) is 4.82. The van der Waals surface area contributed by atoms with Crippen molar-refractivity contribution in [2.45, 2.75) is 0 Å². The maximum absolute atomic E-state index is 11.4. The van der Waals surface area contributed by atoms with Crippen LogP contribution in [-0.2, 0) is 4.74 Å². The minimum absolute atomic E-state index is 0.00605. The van der Waals surface area contributed by atoms with E-state index in [4.69, 9.17) is 4.74 Å². The molecule has 0 radical (unpaired) electrons. The number of hydrogen-bond acceptors (Lipinski definition) is 6. The highest BCUT2D eigenvalue weighted by Crippen LogP contribution is 2.23. The van der Waals surface area contributed by atoms with Crippen LogP contribution in [0.25, 0.3) is 0 Å². The molecule has 1 heterocycles. The number of rotatable bonds is 5. The molecule has 0 atom stereocenters. The summed E-state index contributed by atoms with van der Waals surface area (Å²) in [6, 6.07) is 18.6. The summed E-state index contributed by atoms with van der Waals surface area (Å²) in [5, 5.41) is 3.10. The molecule has 6 heteroatoms. The van der Waals surface area contributed by atoms with Gasteiger partial charge in [0, 0.05) is 11.9 Å². The first-order chi connectivity index (χ1) is 11.7. The van der Waals surface area contributed by atoms with Crippen molar-refractivity contribution < 1.29 is 14.3 Å². The normalized spacial score (nSPS) is 10.0. The molecule has 0 bridgehead atoms. The summed E-state index contributed by atoms with van der Waals surface area (Å²) in [6.07, 6.45) is 1.49. The van der Waals surface area contributed by atoms with Crippen LogP contribution in [0.15, 0.2) is 66.9 Å². The minimum Gasteiger partial charge on any atom is -0.463 e. The van der Waals surface area contributed by atoms with Crippen molar-refractivity contribution in [3.8, 4) is 11.5 Å². The first-order valence-corrected chi connectivity index (χ1v) is 7.26. The highest BCUT2D eigenvalue weighted by molar-refractivity contribution is 5.85. The van der Waals surface area contributed by atoms with Gasteiger partial charge in [-0.3, -0.25) is 0 Å². The van der Waals surface area contributed by atoms with Gasteiger partial charge >= 0.3 is 5.97 Å². The van der Waals surface area contributed by atoms with Crippen molar-refractivity contribution in [3.05, 3.63) is 72.7 Å². The van der Waals surface area contributed by atoms with Gasteiger partial charge in [0.2, 0.25) is 5.82 Å². The highest BCUT2D eigenvalue weighted by atomic mass is 16.5. The van der Waals surface area contributed by atoms with Gasteiger partial charge in [-0.25, -0.2) is 14.8 Å². The van der Waals surface area contributed by atoms with E-state index in [-0.39, 0.29) is 5.82 Å². The summed E-state index contributed by atoms with van der Waals surface area (Å²) >= 11 is 0. The molecule has 0 unspecified atom stereocenters. The molecule has 1 aromatic heterocycles. The molecule has 2 aromatic carbocycles. The van der Waals surface area contributed by atoms with Gasteiger partial charge in [-0.2, -0.15) is 0 Å². The lowest BCUT2D eigenvalue weighted by Gasteiger charge is -2.08. The molecule has 3 aromatic rings. The van der Waals surface area contributed by atoms with E-state index >= 15 is 0 Å². The van der Waals surface area contributed by atoms with Crippen LogP contribution in [0.3, 0.4) is 0 Å². The van der Waals surface area contributed by atoms with E-state index in [1.165, 1.54) is 13.3 Å². The lowest BCUT2D eigenvalue weighted by Crippen LogP contribution is -2.08. The second kappa shape index (κ2) is 7.23. The molecule has 24 heavy (non-hydrogen) atoms. The van der Waals surface area contributed by atoms with Crippen LogP contribution in [0.5, 0.6) is 11.5 Å². The summed E-state index contributed by atoms with van der Waals surface area (Å²) in [7, 11) is 1.29. The zero-order valence-electron chi connectivity index (χ0n) is 13.0. The van der Waals surface area contributed by atoms with Gasteiger partial charge in [0.05, 0.1) is 7.11 Å². The Kier molecular flexibility index (Phi) is 4.67. The lowest BCUT2D eigenvalue weighted by atomic mass is 10.3. The number of benzene rings is 2. The highest BCUT2D eigenvalue weighted by Gasteiger charge is 2.09. The molecular weight excluding hydrogens is 306 g/mol. The Balaban J connectivity index is 1.69. The largest absolute Gasteiger partial charge is 0.463 e. The monoisotopic (exact) mass is 321 g/mol. The number of nitrogens with one attached hydrogen (secondary N) is 1. The molecule has 0 spiro atoms. The molecule has 0 aliphatic rings. The Morgan fingerprint density at radius 1 is 0.958 bits per heavy atom. The van der Waals surface area contributed by atoms with E-state index in [1.54, 1.807) is 6.07 Å². The fourth-order valence-corrected chi connectivity index (χ4v) is 2.00. The molecule has 0 fully saturated rings. The average molecular weight is 321 g/mol. The van der Waals surface area contributed by atoms with E-state index in [0.717, 1.165) is 17.2 Å². The van der Waals surface area contributed by atoms with Crippen molar-refractivity contribution >= 4 is 17.5 Å². The summed E-state index contributed by atoms with van der Waals surface area (Å²) < 4.78 is 10.3. The SMILES string of the molecule is COC(=O)c1nccc(Nc2ccc(Oc3ccccc3)cc2)n1. The lowest BCUT2D eigenvalue weighted by molar-refractivity contribution is 0.0587. The predicted octanol–water partition coefficient (Wildman–Crippen LogP) is 3.80. The zero-order chi connectivity index (χ0) is 16.8. The van der Waals surface area contributed by atoms with E-state index < -0.39 is 5.97 Å². The molecule has 1 N–H and O–H groups in total. The molecule has 0 saturated heterocycles. The number of carbonyl (C=O) groups is 1. The fraction of sp³-hybridized carbons (Fsp3) is 0.0556. The standard InChI is InChI=1S/C18H15N3O3/c1-23-18(22)17-19-12-11-16(21-17)20-13-7-9-15(10-8-13)24-14-5-3-2-4-6-14/h2-12H,1H3,(H,19,20,21). The number of anilines is 2. The van der Waals surface area contributed by atoms with Crippen LogP contribution in [-0.4, -0.2) is 23.0 Å². The van der Waals surface area contributed by atoms with Gasteiger partial charge in [-0.05, 0) is 42.5 Å². The smallest absolute Gasteiger partial charge is 0.376 e. The molecule has 0 aliphatic carbocycles. The van der Waals surface area contributed by atoms with Gasteiger partial charge < -0.3 is 14.8 Å². The Morgan fingerprint density at radius 3 is 2.38 bits per heavy atom. The molecular formula is C18H15N3O3. The summed E-state index contributed by atoms with van der Waals surface area (Å²) in [5.74, 6) is 1.43. The maximum atomic E-state index is 11.4. The molecule has 120 valence electrons. The Bertz CT molecular complexity index is 820. The number of nitrogens with zero attached hydrogens (tertiary/aromatic N) is 2. The van der Waals surface area contributed by atoms with E-state index in [1.807, 2.05) is 54.6 Å². The van der Waals surface area contributed by atoms with Crippen LogP contribution in [0.1, 0.15) is 10.6 Å². The van der Waals surface area contributed by atoms with Gasteiger partial charge in [-0.1, -0.05) is 18.2 Å². The topological polar surface area (TPSA) is 73.3 Å². The van der Waals surface area contributed by atoms with Crippen LogP contribution in [0.4, 0.5) is 11.5 Å². The van der Waals surface area contributed by atoms with E-state index in [0.29, 0.717) is 5.82 Å². The number of methoxy groups -OCH3 is 1. The number of ether oxygens (including phenoxy) is 2.